The summed E-state index contributed by atoms with van der Waals surface area (Å²) in [4.78, 5) is 108. The molecule has 25 nitrogen and oxygen atoms in total. The second kappa shape index (κ2) is 25.2. The Balaban J connectivity index is 5.84. The highest BCUT2D eigenvalue weighted by atomic mass is 16.4. The van der Waals surface area contributed by atoms with Crippen LogP contribution in [0.4, 0.5) is 0 Å². The third kappa shape index (κ3) is 19.7. The van der Waals surface area contributed by atoms with Gasteiger partial charge in [0.25, 0.3) is 0 Å². The van der Waals surface area contributed by atoms with Crippen LogP contribution in [-0.2, 0) is 38.4 Å². The molecule has 7 amide bonds. The third-order valence-electron chi connectivity index (χ3n) is 7.22. The maximum Gasteiger partial charge on any atom is 0.328 e. The molecule has 0 aliphatic carbocycles. The molecule has 0 aromatic rings. The van der Waals surface area contributed by atoms with Crippen molar-refractivity contribution in [1.82, 2.24) is 31.9 Å². The number of aliphatic hydroxyl groups excluding tert-OH is 2. The molecule has 0 heterocycles. The minimum absolute atomic E-state index is 0.00176. The zero-order valence-electron chi connectivity index (χ0n) is 30.1. The van der Waals surface area contributed by atoms with Crippen molar-refractivity contribution in [3.8, 4) is 0 Å². The molecule has 0 saturated carbocycles. The molecular formula is C29H54N14O11. The lowest BCUT2D eigenvalue weighted by molar-refractivity contribution is -0.142. The first kappa shape index (κ1) is 48.2. The van der Waals surface area contributed by atoms with E-state index in [9.17, 15) is 43.5 Å². The van der Waals surface area contributed by atoms with E-state index in [1.807, 2.05) is 5.32 Å². The number of nitrogens with zero attached hydrogens (tertiary/aromatic N) is 2. The van der Waals surface area contributed by atoms with E-state index in [1.54, 1.807) is 13.8 Å². The number of rotatable bonds is 26. The Hall–Kier alpha value is -5.82. The number of nitrogens with two attached hydrogens (primary N) is 6. The van der Waals surface area contributed by atoms with Gasteiger partial charge in [-0.2, -0.15) is 0 Å². The molecule has 54 heavy (non-hydrogen) atoms. The van der Waals surface area contributed by atoms with Gasteiger partial charge in [0.2, 0.25) is 41.4 Å². The van der Waals surface area contributed by atoms with Crippen molar-refractivity contribution >= 4 is 59.2 Å². The second-order valence-corrected chi connectivity index (χ2v) is 12.1. The van der Waals surface area contributed by atoms with Crippen LogP contribution in [0.2, 0.25) is 0 Å². The van der Waals surface area contributed by atoms with E-state index >= 15 is 0 Å². The van der Waals surface area contributed by atoms with Crippen molar-refractivity contribution < 1.29 is 53.7 Å². The standard InChI is InChI=1S/C29H54N14O11/c1-13(2)21(43-22(48)14(30)5-3-7-36-28(32)33)26(52)42-17(11-44)25(51)41-16(9-19(31)46)24(50)40-15(6-4-8-37-29(34)35)23(49)38-10-20(47)39-18(12-45)27(53)54/h13-18,21,44-45H,3-12,30H2,1-2H3,(H2,31,46)(H,38,49)(H,39,47)(H,40,50)(H,41,51)(H,42,52)(H,43,48)(H,53,54)(H4,32,33,36)(H4,34,35,37)/t14-,15-,16-,17-,18-,21-/m0/s1. The predicted molar refractivity (Wildman–Crippen MR) is 191 cm³/mol. The highest BCUT2D eigenvalue weighted by Crippen LogP contribution is 2.06. The average Bonchev–Trinajstić information content (AvgIpc) is 3.08. The fourth-order valence-electron chi connectivity index (χ4n) is 4.35. The molecule has 25 heteroatoms. The summed E-state index contributed by atoms with van der Waals surface area (Å²) >= 11 is 0. The van der Waals surface area contributed by atoms with Gasteiger partial charge in [0.15, 0.2) is 11.9 Å². The zero-order valence-corrected chi connectivity index (χ0v) is 30.1. The minimum atomic E-state index is -1.75. The molecule has 0 fully saturated rings. The number of nitrogens with one attached hydrogen (secondary N) is 6. The van der Waals surface area contributed by atoms with Crippen LogP contribution < -0.4 is 66.3 Å². The van der Waals surface area contributed by atoms with Crippen molar-refractivity contribution in [3.05, 3.63) is 0 Å². The van der Waals surface area contributed by atoms with Gasteiger partial charge >= 0.3 is 5.97 Å². The number of aliphatic hydroxyl groups is 2. The molecule has 0 radical (unpaired) electrons. The molecule has 306 valence electrons. The molecule has 0 aliphatic heterocycles. The summed E-state index contributed by atoms with van der Waals surface area (Å²) in [6.45, 7) is 0.700. The summed E-state index contributed by atoms with van der Waals surface area (Å²) in [6.07, 6.45) is -0.336. The normalized spacial score (nSPS) is 14.0. The Kier molecular flexibility index (Phi) is 22.5. The van der Waals surface area contributed by atoms with Crippen LogP contribution in [0.5, 0.6) is 0 Å². The highest BCUT2D eigenvalue weighted by molar-refractivity contribution is 5.98. The lowest BCUT2D eigenvalue weighted by Crippen LogP contribution is -2.60. The summed E-state index contributed by atoms with van der Waals surface area (Å²) in [6, 6.07) is -8.83. The van der Waals surface area contributed by atoms with Gasteiger partial charge in [0.05, 0.1) is 32.2 Å². The number of aliphatic imine (C=N–C) groups is 2. The van der Waals surface area contributed by atoms with Crippen LogP contribution in [0.15, 0.2) is 9.98 Å². The number of guanidine groups is 2. The molecule has 0 rings (SSSR count). The van der Waals surface area contributed by atoms with Gasteiger partial charge in [-0.25, -0.2) is 4.79 Å². The van der Waals surface area contributed by atoms with Gasteiger partial charge in [-0.15, -0.1) is 0 Å². The fourth-order valence-corrected chi connectivity index (χ4v) is 4.35. The summed E-state index contributed by atoms with van der Waals surface area (Å²) in [5.74, 6) is -9.34. The molecule has 0 aromatic heterocycles. The molecule has 0 unspecified atom stereocenters. The minimum Gasteiger partial charge on any atom is -0.480 e. The van der Waals surface area contributed by atoms with Gasteiger partial charge in [0.1, 0.15) is 30.2 Å². The molecular weight excluding hydrogens is 720 g/mol. The molecule has 0 aromatic carbocycles. The molecule has 0 aliphatic rings. The van der Waals surface area contributed by atoms with Crippen molar-refractivity contribution in [2.75, 3.05) is 32.8 Å². The molecule has 21 N–H and O–H groups in total. The monoisotopic (exact) mass is 774 g/mol. The van der Waals surface area contributed by atoms with E-state index in [0.29, 0.717) is 6.42 Å². The Morgan fingerprint density at radius 3 is 1.59 bits per heavy atom. The van der Waals surface area contributed by atoms with Crippen molar-refractivity contribution in [1.29, 1.82) is 0 Å². The zero-order chi connectivity index (χ0) is 41.5. The van der Waals surface area contributed by atoms with Gasteiger partial charge in [-0.05, 0) is 31.6 Å². The van der Waals surface area contributed by atoms with Crippen LogP contribution >= 0.6 is 0 Å². The van der Waals surface area contributed by atoms with Crippen LogP contribution in [0.25, 0.3) is 0 Å². The summed E-state index contributed by atoms with van der Waals surface area (Å²) in [5, 5.41) is 41.5. The lowest BCUT2D eigenvalue weighted by Gasteiger charge is -2.27. The second-order valence-electron chi connectivity index (χ2n) is 12.1. The van der Waals surface area contributed by atoms with E-state index in [0.717, 1.165) is 0 Å². The first-order valence-corrected chi connectivity index (χ1v) is 16.6. The van der Waals surface area contributed by atoms with E-state index < -0.39 is 116 Å². The van der Waals surface area contributed by atoms with Crippen LogP contribution in [0.3, 0.4) is 0 Å². The number of carbonyl (C=O) groups excluding carboxylic acids is 7. The maximum atomic E-state index is 13.3. The SMILES string of the molecule is CC(C)[C@H](NC(=O)[C@@H](N)CCCN=C(N)N)C(=O)N[C@@H](CO)C(=O)N[C@@H](CC(N)=O)C(=O)N[C@@H](CCCN=C(N)N)C(=O)NCC(=O)N[C@@H](CO)C(=O)O. The van der Waals surface area contributed by atoms with Gasteiger partial charge in [-0.3, -0.25) is 43.5 Å². The molecule has 0 spiro atoms. The molecule has 0 saturated heterocycles. The van der Waals surface area contributed by atoms with E-state index in [4.69, 9.17) is 44.6 Å². The number of aliphatic carboxylic acids is 1. The first-order chi connectivity index (χ1) is 25.2. The number of carbonyl (C=O) groups is 8. The smallest absolute Gasteiger partial charge is 0.328 e. The quantitative estimate of drug-likeness (QED) is 0.0220. The fraction of sp³-hybridized carbons (Fsp3) is 0.655. The van der Waals surface area contributed by atoms with E-state index in [-0.39, 0.29) is 44.3 Å². The maximum absolute atomic E-state index is 13.3. The Labute approximate surface area is 310 Å². The first-order valence-electron chi connectivity index (χ1n) is 16.6. The molecule has 6 atom stereocenters. The highest BCUT2D eigenvalue weighted by Gasteiger charge is 2.33. The topological polar surface area (TPSA) is 450 Å². The van der Waals surface area contributed by atoms with Crippen molar-refractivity contribution in [2.45, 2.75) is 82.2 Å². The van der Waals surface area contributed by atoms with Crippen LogP contribution in [0, 0.1) is 5.92 Å². The summed E-state index contributed by atoms with van der Waals surface area (Å²) in [7, 11) is 0. The van der Waals surface area contributed by atoms with Crippen LogP contribution in [0.1, 0.15) is 46.0 Å². The van der Waals surface area contributed by atoms with Gasteiger partial charge in [0, 0.05) is 13.1 Å². The number of carboxylic acids is 1. The van der Waals surface area contributed by atoms with Crippen LogP contribution in [-0.4, -0.2) is 144 Å². The number of primary amides is 1. The lowest BCUT2D eigenvalue weighted by atomic mass is 10.0. The number of hydrogen-bond acceptors (Lipinski definition) is 13. The molecule has 0 bridgehead atoms. The van der Waals surface area contributed by atoms with Crippen molar-refractivity contribution in [2.24, 2.45) is 50.3 Å². The number of carboxylic acid groups (broad SMARTS) is 1. The van der Waals surface area contributed by atoms with Gasteiger partial charge in [-0.1, -0.05) is 13.8 Å². The predicted octanol–water partition coefficient (Wildman–Crippen LogP) is -8.44. The van der Waals surface area contributed by atoms with Crippen molar-refractivity contribution in [3.63, 3.8) is 0 Å². The Morgan fingerprint density at radius 1 is 0.611 bits per heavy atom. The summed E-state index contributed by atoms with van der Waals surface area (Å²) in [5.41, 5.74) is 32.4. The number of hydrogen-bond donors (Lipinski definition) is 15. The Bertz CT molecular complexity index is 1370. The van der Waals surface area contributed by atoms with E-state index in [1.165, 1.54) is 0 Å². The third-order valence-corrected chi connectivity index (χ3v) is 7.22. The Morgan fingerprint density at radius 2 is 1.11 bits per heavy atom. The van der Waals surface area contributed by atoms with Gasteiger partial charge < -0.3 is 81.6 Å². The largest absolute Gasteiger partial charge is 0.480 e. The van der Waals surface area contributed by atoms with E-state index in [2.05, 4.69) is 36.6 Å². The summed E-state index contributed by atoms with van der Waals surface area (Å²) < 4.78 is 0. The number of amides is 7. The average molecular weight is 775 g/mol.